The number of hydrogen-bond donors (Lipinski definition) is 0. The Morgan fingerprint density at radius 1 is 1.18 bits per heavy atom. The number of carbonyl (C=O) groups is 1. The second-order valence-corrected chi connectivity index (χ2v) is 8.13. The third kappa shape index (κ3) is 3.63. The van der Waals surface area contributed by atoms with Gasteiger partial charge in [0, 0.05) is 36.7 Å². The van der Waals surface area contributed by atoms with Gasteiger partial charge in [-0.1, -0.05) is 28.1 Å². The van der Waals surface area contributed by atoms with Gasteiger partial charge in [-0.15, -0.1) is 0 Å². The molecule has 0 saturated carbocycles. The molecule has 0 bridgehead atoms. The van der Waals surface area contributed by atoms with Gasteiger partial charge >= 0.3 is 0 Å². The van der Waals surface area contributed by atoms with Gasteiger partial charge in [-0.2, -0.15) is 0 Å². The smallest absolute Gasteiger partial charge is 0.219 e. The van der Waals surface area contributed by atoms with Crippen LogP contribution in [0, 0.1) is 0 Å². The summed E-state index contributed by atoms with van der Waals surface area (Å²) in [5.74, 6) is 0.954. The summed E-state index contributed by atoms with van der Waals surface area (Å²) in [5.41, 5.74) is 3.66. The molecule has 1 fully saturated rings. The lowest BCUT2D eigenvalue weighted by Gasteiger charge is -2.47. The lowest BCUT2D eigenvalue weighted by molar-refractivity contribution is -0.130. The van der Waals surface area contributed by atoms with E-state index < -0.39 is 0 Å². The number of halogens is 1. The summed E-state index contributed by atoms with van der Waals surface area (Å²) in [6, 6.07) is 14.5. The molecule has 0 aromatic heterocycles. The van der Waals surface area contributed by atoms with Crippen LogP contribution < -0.4 is 9.64 Å². The van der Waals surface area contributed by atoms with E-state index in [1.165, 1.54) is 11.1 Å². The Kier molecular flexibility index (Phi) is 5.60. The molecule has 28 heavy (non-hydrogen) atoms. The average Bonchev–Trinajstić information content (AvgIpc) is 2.73. The zero-order valence-corrected chi connectivity index (χ0v) is 17.8. The number of hydrogen-bond acceptors (Lipinski definition) is 4. The Morgan fingerprint density at radius 2 is 1.96 bits per heavy atom. The molecule has 6 heteroatoms. The first kappa shape index (κ1) is 19.3. The lowest BCUT2D eigenvalue weighted by atomic mass is 9.91. The van der Waals surface area contributed by atoms with E-state index in [1.54, 1.807) is 14.0 Å². The van der Waals surface area contributed by atoms with E-state index in [0.29, 0.717) is 13.2 Å². The first-order valence-electron chi connectivity index (χ1n) is 9.63. The lowest BCUT2D eigenvalue weighted by Crippen LogP contribution is -2.57. The molecule has 2 aromatic rings. The van der Waals surface area contributed by atoms with Crippen LogP contribution in [0.25, 0.3) is 0 Å². The molecule has 1 saturated heterocycles. The molecule has 5 nitrogen and oxygen atoms in total. The Balaban J connectivity index is 1.71. The van der Waals surface area contributed by atoms with Gasteiger partial charge in [0.25, 0.3) is 0 Å². The number of amides is 1. The van der Waals surface area contributed by atoms with Crippen LogP contribution in [0.5, 0.6) is 5.75 Å². The Bertz CT molecular complexity index is 855. The van der Waals surface area contributed by atoms with Gasteiger partial charge < -0.3 is 19.3 Å². The SMILES string of the molecule is COc1ccc(N2CCN(C(C)=O)CC2C2OCCc3c(Br)cccc32)cc1. The van der Waals surface area contributed by atoms with E-state index in [-0.39, 0.29) is 18.1 Å². The van der Waals surface area contributed by atoms with Crippen molar-refractivity contribution < 1.29 is 14.3 Å². The third-order valence-corrected chi connectivity index (χ3v) is 6.47. The van der Waals surface area contributed by atoms with Crippen LogP contribution in [0.2, 0.25) is 0 Å². The van der Waals surface area contributed by atoms with E-state index in [1.807, 2.05) is 17.0 Å². The molecule has 2 atom stereocenters. The normalized spacial score (nSPS) is 22.0. The number of benzene rings is 2. The van der Waals surface area contributed by atoms with Crippen molar-refractivity contribution in [1.82, 2.24) is 4.90 Å². The maximum absolute atomic E-state index is 12.1. The van der Waals surface area contributed by atoms with Crippen LogP contribution >= 0.6 is 15.9 Å². The number of nitrogens with zero attached hydrogens (tertiary/aromatic N) is 2. The minimum atomic E-state index is -0.0782. The number of ether oxygens (including phenoxy) is 2. The molecule has 2 heterocycles. The molecule has 0 aliphatic carbocycles. The van der Waals surface area contributed by atoms with Crippen molar-refractivity contribution in [2.75, 3.05) is 38.3 Å². The molecule has 4 rings (SSSR count). The summed E-state index contributed by atoms with van der Waals surface area (Å²) in [6.45, 7) is 4.48. The van der Waals surface area contributed by atoms with Crippen molar-refractivity contribution >= 4 is 27.5 Å². The number of piperazine rings is 1. The largest absolute Gasteiger partial charge is 0.497 e. The van der Waals surface area contributed by atoms with E-state index in [2.05, 4.69) is 51.2 Å². The number of rotatable bonds is 3. The predicted molar refractivity (Wildman–Crippen MR) is 113 cm³/mol. The predicted octanol–water partition coefficient (Wildman–Crippen LogP) is 3.81. The summed E-state index contributed by atoms with van der Waals surface area (Å²) in [5, 5.41) is 0. The van der Waals surface area contributed by atoms with Gasteiger partial charge in [-0.3, -0.25) is 4.79 Å². The summed E-state index contributed by atoms with van der Waals surface area (Å²) in [4.78, 5) is 16.4. The van der Waals surface area contributed by atoms with Crippen LogP contribution in [0.1, 0.15) is 24.2 Å². The van der Waals surface area contributed by atoms with Gasteiger partial charge in [0.15, 0.2) is 0 Å². The molecule has 0 spiro atoms. The van der Waals surface area contributed by atoms with Gasteiger partial charge in [0.1, 0.15) is 11.9 Å². The Hall–Kier alpha value is -2.05. The van der Waals surface area contributed by atoms with E-state index >= 15 is 0 Å². The van der Waals surface area contributed by atoms with Crippen molar-refractivity contribution in [2.24, 2.45) is 0 Å². The van der Waals surface area contributed by atoms with E-state index in [4.69, 9.17) is 9.47 Å². The van der Waals surface area contributed by atoms with Crippen molar-refractivity contribution in [1.29, 1.82) is 0 Å². The molecule has 0 N–H and O–H groups in total. The maximum Gasteiger partial charge on any atom is 0.219 e. The number of anilines is 1. The average molecular weight is 445 g/mol. The summed E-state index contributed by atoms with van der Waals surface area (Å²) < 4.78 is 12.7. The van der Waals surface area contributed by atoms with Crippen molar-refractivity contribution in [3.8, 4) is 5.75 Å². The zero-order chi connectivity index (χ0) is 19.7. The number of methoxy groups -OCH3 is 1. The first-order valence-corrected chi connectivity index (χ1v) is 10.4. The fourth-order valence-corrected chi connectivity index (χ4v) is 4.83. The minimum absolute atomic E-state index is 0.0550. The molecule has 2 aliphatic heterocycles. The molecule has 1 amide bonds. The fraction of sp³-hybridized carbons (Fsp3) is 0.409. The standard InChI is InChI=1S/C22H25BrN2O3/c1-15(26)24-11-12-25(16-6-8-17(27-2)9-7-16)21(14-24)22-19-4-3-5-20(23)18(19)10-13-28-22/h3-9,21-22H,10-14H2,1-2H3. The maximum atomic E-state index is 12.1. The summed E-state index contributed by atoms with van der Waals surface area (Å²) >= 11 is 3.70. The molecular weight excluding hydrogens is 420 g/mol. The third-order valence-electron chi connectivity index (χ3n) is 5.73. The molecule has 148 valence electrons. The fourth-order valence-electron chi connectivity index (χ4n) is 4.25. The van der Waals surface area contributed by atoms with Crippen LogP contribution in [0.15, 0.2) is 46.9 Å². The van der Waals surface area contributed by atoms with Crippen LogP contribution in [0.3, 0.4) is 0 Å². The number of carbonyl (C=O) groups excluding carboxylic acids is 1. The highest BCUT2D eigenvalue weighted by atomic mass is 79.9. The zero-order valence-electron chi connectivity index (χ0n) is 16.2. The van der Waals surface area contributed by atoms with Crippen molar-refractivity contribution in [3.05, 3.63) is 58.1 Å². The molecule has 2 aliphatic rings. The minimum Gasteiger partial charge on any atom is -0.497 e. The second-order valence-electron chi connectivity index (χ2n) is 7.27. The van der Waals surface area contributed by atoms with E-state index in [9.17, 15) is 4.79 Å². The van der Waals surface area contributed by atoms with Gasteiger partial charge in [0.2, 0.25) is 5.91 Å². The topological polar surface area (TPSA) is 42.0 Å². The highest BCUT2D eigenvalue weighted by Crippen LogP contribution is 2.38. The first-order chi connectivity index (χ1) is 13.6. The number of fused-ring (bicyclic) bond motifs is 1. The summed E-state index contributed by atoms with van der Waals surface area (Å²) in [7, 11) is 1.67. The summed E-state index contributed by atoms with van der Waals surface area (Å²) in [6.07, 6.45) is 0.823. The molecule has 0 radical (unpaired) electrons. The molecule has 2 unspecified atom stereocenters. The van der Waals surface area contributed by atoms with E-state index in [0.717, 1.165) is 35.4 Å². The molecular formula is C22H25BrN2O3. The van der Waals surface area contributed by atoms with Crippen LogP contribution in [-0.4, -0.2) is 50.2 Å². The quantitative estimate of drug-likeness (QED) is 0.721. The second kappa shape index (κ2) is 8.13. The monoisotopic (exact) mass is 444 g/mol. The van der Waals surface area contributed by atoms with Crippen molar-refractivity contribution in [2.45, 2.75) is 25.5 Å². The Morgan fingerprint density at radius 3 is 2.68 bits per heavy atom. The van der Waals surface area contributed by atoms with Crippen LogP contribution in [0.4, 0.5) is 5.69 Å². The van der Waals surface area contributed by atoms with Crippen LogP contribution in [-0.2, 0) is 16.0 Å². The Labute approximate surface area is 174 Å². The van der Waals surface area contributed by atoms with Crippen molar-refractivity contribution in [3.63, 3.8) is 0 Å². The highest BCUT2D eigenvalue weighted by molar-refractivity contribution is 9.10. The van der Waals surface area contributed by atoms with Gasteiger partial charge in [-0.25, -0.2) is 0 Å². The van der Waals surface area contributed by atoms with Gasteiger partial charge in [0.05, 0.1) is 19.8 Å². The van der Waals surface area contributed by atoms with Gasteiger partial charge in [-0.05, 0) is 47.9 Å². The molecule has 2 aromatic carbocycles. The highest BCUT2D eigenvalue weighted by Gasteiger charge is 2.38.